The van der Waals surface area contributed by atoms with E-state index in [-0.39, 0.29) is 30.6 Å². The minimum absolute atomic E-state index is 0.0932. The second kappa shape index (κ2) is 44.3. The molecule has 4 unspecified atom stereocenters. The van der Waals surface area contributed by atoms with E-state index in [9.17, 15) is 0 Å². The summed E-state index contributed by atoms with van der Waals surface area (Å²) in [6.45, 7) is 73.0. The molecule has 0 saturated carbocycles. The van der Waals surface area contributed by atoms with Crippen molar-refractivity contribution in [2.45, 2.75) is 347 Å². The Bertz CT molecular complexity index is 5690. The molecule has 0 aliphatic carbocycles. The molecule has 2 saturated heterocycles. The molecule has 12 aromatic rings. The maximum Gasteiger partial charge on any atom is 0.108 e. The van der Waals surface area contributed by atoms with E-state index in [1.165, 1.54) is 277 Å². The van der Waals surface area contributed by atoms with Crippen molar-refractivity contribution in [1.82, 2.24) is 0 Å². The fraction of sp³-hybridized carbons (Fsp3) is 0.406. The first-order chi connectivity index (χ1) is 65.0. The van der Waals surface area contributed by atoms with Crippen LogP contribution in [0.15, 0.2) is 230 Å². The maximum atomic E-state index is 2.80. The molecule has 8 nitrogen and oxygen atoms in total. The fourth-order valence-corrected chi connectivity index (χ4v) is 25.1. The zero-order valence-electron chi connectivity index (χ0n) is 89.5. The lowest BCUT2D eigenvalue weighted by molar-refractivity contribution is 0.472. The van der Waals surface area contributed by atoms with Gasteiger partial charge in [0, 0.05) is 68.0 Å². The number of hydrogen-bond acceptors (Lipinski definition) is 8. The molecule has 8 heteroatoms. The van der Waals surface area contributed by atoms with Crippen LogP contribution in [-0.4, -0.2) is 36.7 Å². The van der Waals surface area contributed by atoms with Crippen molar-refractivity contribution in [1.29, 1.82) is 0 Å². The van der Waals surface area contributed by atoms with Gasteiger partial charge >= 0.3 is 0 Å². The molecule has 0 bridgehead atoms. The zero-order chi connectivity index (χ0) is 98.3. The van der Waals surface area contributed by atoms with Gasteiger partial charge in [0.05, 0.1) is 41.7 Å². The van der Waals surface area contributed by atoms with E-state index in [0.29, 0.717) is 18.2 Å². The van der Waals surface area contributed by atoms with Crippen LogP contribution in [0.25, 0.3) is 11.4 Å². The summed E-state index contributed by atoms with van der Waals surface area (Å²) < 4.78 is 0. The lowest BCUT2D eigenvalue weighted by Crippen LogP contribution is -2.40. The highest BCUT2D eigenvalue weighted by Gasteiger charge is 2.50. The van der Waals surface area contributed by atoms with Crippen LogP contribution in [0.5, 0.6) is 0 Å². The molecule has 0 N–H and O–H groups in total. The summed E-state index contributed by atoms with van der Waals surface area (Å²) in [7, 11) is 0. The molecule has 0 spiro atoms. The minimum Gasteiger partial charge on any atom is -0.346 e. The summed E-state index contributed by atoms with van der Waals surface area (Å²) in [4.78, 5) is 21.5. The van der Waals surface area contributed by atoms with Gasteiger partial charge in [-0.05, 0) is 333 Å². The SMILES string of the molecule is CCCCC1=C(CCCC)N(c2c(C)cc(C)cc2C)C(C)N1c1c(C)cc(C)cc1C.CCCCC1C(CCCC)N(c2c(C)cc(C)cc2C)C(C)N1c1c(C)cc(C)cc1C.Cc1cc(C)c(N2C(c3ccccc3)=C(c3ccccc3)N(c3c(C)cc(C)cc3C)C2C)c(C)c1.Cc1cc(C)c(N2C(c3ccccc3)C(c3ccccc3)N(c3c(C)cc(C)cc3C)C2C)c(C)c1. The van der Waals surface area contributed by atoms with Crippen LogP contribution in [0.3, 0.4) is 0 Å². The first-order valence-corrected chi connectivity index (χ1v) is 51.6. The smallest absolute Gasteiger partial charge is 0.108 e. The molecule has 136 heavy (non-hydrogen) atoms. The van der Waals surface area contributed by atoms with Crippen molar-refractivity contribution < 1.29 is 0 Å². The fourth-order valence-electron chi connectivity index (χ4n) is 25.1. The third-order valence-electron chi connectivity index (χ3n) is 29.5. The van der Waals surface area contributed by atoms with Crippen molar-refractivity contribution in [3.05, 3.63) is 386 Å². The van der Waals surface area contributed by atoms with Crippen LogP contribution in [0.1, 0.15) is 300 Å². The highest BCUT2D eigenvalue weighted by molar-refractivity contribution is 6.08. The van der Waals surface area contributed by atoms with Gasteiger partial charge in [-0.1, -0.05) is 329 Å². The summed E-state index contributed by atoms with van der Waals surface area (Å²) in [5.74, 6) is 0. The Hall–Kier alpha value is -11.5. The monoisotopic (exact) mass is 1810 g/mol. The van der Waals surface area contributed by atoms with Crippen molar-refractivity contribution in [3.8, 4) is 0 Å². The molecule has 2 fully saturated rings. The number of allylic oxidation sites excluding steroid dienone is 2. The summed E-state index contributed by atoms with van der Waals surface area (Å²) in [6.07, 6.45) is 15.7. The first-order valence-electron chi connectivity index (χ1n) is 51.6. The Morgan fingerprint density at radius 2 is 0.397 bits per heavy atom. The lowest BCUT2D eigenvalue weighted by Gasteiger charge is -2.36. The van der Waals surface area contributed by atoms with Crippen LogP contribution >= 0.6 is 0 Å². The van der Waals surface area contributed by atoms with E-state index in [2.05, 4.69) is 479 Å². The number of aryl methyl sites for hydroxylation is 24. The molecular formula is C128H164N8. The van der Waals surface area contributed by atoms with Gasteiger partial charge in [0.15, 0.2) is 0 Å². The van der Waals surface area contributed by atoms with Gasteiger partial charge in [0.25, 0.3) is 0 Å². The van der Waals surface area contributed by atoms with Gasteiger partial charge < -0.3 is 39.2 Å². The van der Waals surface area contributed by atoms with E-state index in [1.54, 1.807) is 11.4 Å². The Labute approximate surface area is 823 Å². The average molecular weight is 1810 g/mol. The zero-order valence-corrected chi connectivity index (χ0v) is 89.5. The van der Waals surface area contributed by atoms with Crippen molar-refractivity contribution in [2.75, 3.05) is 39.2 Å². The van der Waals surface area contributed by atoms with E-state index >= 15 is 0 Å². The summed E-state index contributed by atoms with van der Waals surface area (Å²) in [6, 6.07) is 82.9. The Morgan fingerprint density at radius 1 is 0.206 bits per heavy atom. The van der Waals surface area contributed by atoms with Gasteiger partial charge in [-0.25, -0.2) is 0 Å². The predicted molar refractivity (Wildman–Crippen MR) is 594 cm³/mol. The molecule has 4 aliphatic rings. The second-order valence-corrected chi connectivity index (χ2v) is 41.3. The van der Waals surface area contributed by atoms with Crippen LogP contribution < -0.4 is 39.2 Å². The molecule has 4 aliphatic heterocycles. The van der Waals surface area contributed by atoms with Crippen molar-refractivity contribution in [2.24, 2.45) is 0 Å². The average Bonchev–Trinajstić information content (AvgIpc) is 1.56. The Kier molecular flexibility index (Phi) is 33.2. The third kappa shape index (κ3) is 21.1. The maximum absolute atomic E-state index is 2.80. The van der Waals surface area contributed by atoms with Crippen molar-refractivity contribution >= 4 is 56.9 Å². The van der Waals surface area contributed by atoms with E-state index in [0.717, 1.165) is 12.8 Å². The molecule has 0 aromatic heterocycles. The number of rotatable bonds is 24. The molecule has 0 radical (unpaired) electrons. The lowest BCUT2D eigenvalue weighted by atomic mass is 9.91. The predicted octanol–water partition coefficient (Wildman–Crippen LogP) is 34.6. The number of benzene rings is 12. The van der Waals surface area contributed by atoms with Crippen molar-refractivity contribution in [3.63, 3.8) is 0 Å². The van der Waals surface area contributed by atoms with Crippen LogP contribution in [0.4, 0.5) is 45.5 Å². The molecule has 16 rings (SSSR count). The van der Waals surface area contributed by atoms with Gasteiger partial charge in [-0.2, -0.15) is 0 Å². The number of unbranched alkanes of at least 4 members (excludes halogenated alkanes) is 4. The topological polar surface area (TPSA) is 25.9 Å². The summed E-state index contributed by atoms with van der Waals surface area (Å²) in [5, 5.41) is 0. The molecule has 716 valence electrons. The Balaban J connectivity index is 0.000000154. The third-order valence-corrected chi connectivity index (χ3v) is 29.5. The summed E-state index contributed by atoms with van der Waals surface area (Å²) in [5.41, 5.74) is 54.3. The molecule has 0 amide bonds. The largest absolute Gasteiger partial charge is 0.346 e. The number of anilines is 8. The summed E-state index contributed by atoms with van der Waals surface area (Å²) >= 11 is 0. The first kappa shape index (κ1) is 102. The van der Waals surface area contributed by atoms with Gasteiger partial charge in [-0.15, -0.1) is 0 Å². The normalized spacial score (nSPS) is 17.4. The van der Waals surface area contributed by atoms with Crippen LogP contribution in [0, 0.1) is 166 Å². The van der Waals surface area contributed by atoms with E-state index < -0.39 is 0 Å². The van der Waals surface area contributed by atoms with E-state index in [4.69, 9.17) is 0 Å². The van der Waals surface area contributed by atoms with E-state index in [1.807, 2.05) is 0 Å². The molecular weight excluding hydrogens is 1650 g/mol. The second-order valence-electron chi connectivity index (χ2n) is 41.3. The number of hydrogen-bond donors (Lipinski definition) is 0. The number of nitrogens with zero attached hydrogens (tertiary/aromatic N) is 8. The Morgan fingerprint density at radius 3 is 0.625 bits per heavy atom. The standard InChI is InChI=1S/C34H38N2.C34H36N2.C30H46N2.C30H44N2/c2*1-22-18-24(3)31(25(4)19-22)35-28(7)36(32-26(5)20-23(2)21-27(32)6)34(30-16-12-9-13-17-30)33(35)29-14-10-8-11-15-29;2*1-10-12-14-27-28(15-13-11-2)32(30-24(7)18-21(4)19-25(30)8)26(9)31(27)29-22(5)16-20(3)17-23(29)6/h8-21,28,33-34H,1-7H3;8-21,28H,1-7H3;16-19,26-28H,10-15H2,1-9H3;16-19,26H,10-15H2,1-9H3. The molecule has 4 heterocycles. The van der Waals surface area contributed by atoms with Gasteiger partial charge in [0.2, 0.25) is 0 Å². The molecule has 12 aromatic carbocycles. The highest BCUT2D eigenvalue weighted by Crippen LogP contribution is 2.56. The minimum atomic E-state index is 0.0932. The van der Waals surface area contributed by atoms with Crippen LogP contribution in [0.2, 0.25) is 0 Å². The molecule has 4 atom stereocenters. The quantitative estimate of drug-likeness (QED) is 0.0591. The van der Waals surface area contributed by atoms with Gasteiger partial charge in [-0.3, -0.25) is 0 Å². The van der Waals surface area contributed by atoms with Crippen LogP contribution in [-0.2, 0) is 0 Å². The van der Waals surface area contributed by atoms with Gasteiger partial charge in [0.1, 0.15) is 18.5 Å². The highest BCUT2D eigenvalue weighted by atomic mass is 15.5.